The van der Waals surface area contributed by atoms with Gasteiger partial charge in [0.25, 0.3) is 11.8 Å². The van der Waals surface area contributed by atoms with Crippen molar-refractivity contribution >= 4 is 68.3 Å². The van der Waals surface area contributed by atoms with Crippen molar-refractivity contribution in [2.45, 2.75) is 22.2 Å². The Kier molecular flexibility index (Phi) is 6.97. The molecule has 4 aromatic carbocycles. The Balaban J connectivity index is 1.33. The Morgan fingerprint density at radius 2 is 1.72 bits per heavy atom. The summed E-state index contributed by atoms with van der Waals surface area (Å²) in [6, 6.07) is 23.5. The molecule has 0 radical (unpaired) electrons. The minimum Gasteiger partial charge on any atom is -0.450 e. The summed E-state index contributed by atoms with van der Waals surface area (Å²) in [5.74, 6) is -2.56. The molecule has 2 aliphatic rings. The molecular formula is C34H19ClF2N4O4S2. The van der Waals surface area contributed by atoms with Gasteiger partial charge in [-0.1, -0.05) is 83.2 Å². The van der Waals surface area contributed by atoms with Crippen LogP contribution in [0.3, 0.4) is 0 Å². The molecule has 0 N–H and O–H groups in total. The highest BCUT2D eigenvalue weighted by Gasteiger charge is 2.66. The lowest BCUT2D eigenvalue weighted by Crippen LogP contribution is -2.53. The summed E-state index contributed by atoms with van der Waals surface area (Å²) in [4.78, 5) is 46.2. The molecule has 2 aromatic heterocycles. The first-order valence-electron chi connectivity index (χ1n) is 14.2. The molecule has 1 atom stereocenters. The number of nitrogens with zero attached hydrogens (tertiary/aromatic N) is 4. The van der Waals surface area contributed by atoms with Crippen molar-refractivity contribution in [2.75, 3.05) is 9.80 Å². The summed E-state index contributed by atoms with van der Waals surface area (Å²) >= 11 is 8.57. The molecule has 0 fully saturated rings. The molecule has 8 nitrogen and oxygen atoms in total. The smallest absolute Gasteiger partial charge is 0.297 e. The zero-order valence-electron chi connectivity index (χ0n) is 23.9. The molecule has 2 amide bonds. The Morgan fingerprint density at radius 3 is 2.55 bits per heavy atom. The average molecular weight is 685 g/mol. The van der Waals surface area contributed by atoms with Crippen molar-refractivity contribution < 1.29 is 22.8 Å². The molecule has 8 rings (SSSR count). The summed E-state index contributed by atoms with van der Waals surface area (Å²) in [6.45, 7) is -0.188. The van der Waals surface area contributed by atoms with Crippen molar-refractivity contribution in [3.8, 4) is 0 Å². The summed E-state index contributed by atoms with van der Waals surface area (Å²) in [6.07, 6.45) is 0. The number of rotatable bonds is 6. The zero-order valence-corrected chi connectivity index (χ0v) is 26.3. The molecule has 2 aliphatic heterocycles. The Hall–Kier alpha value is -4.91. The number of aromatic nitrogens is 2. The maximum absolute atomic E-state index is 15.0. The number of halogens is 3. The molecule has 1 spiro atoms. The van der Waals surface area contributed by atoms with E-state index in [1.807, 2.05) is 18.2 Å². The fraction of sp³-hybridized carbons (Fsp3) is 0.0882. The summed E-state index contributed by atoms with van der Waals surface area (Å²) in [5, 5.41) is 9.10. The van der Waals surface area contributed by atoms with Gasteiger partial charge in [0, 0.05) is 21.9 Å². The van der Waals surface area contributed by atoms with E-state index in [-0.39, 0.29) is 39.5 Å². The molecule has 0 bridgehead atoms. The first kappa shape index (κ1) is 29.5. The van der Waals surface area contributed by atoms with Crippen LogP contribution in [0.5, 0.6) is 0 Å². The fourth-order valence-electron chi connectivity index (χ4n) is 6.21. The lowest BCUT2D eigenvalue weighted by Gasteiger charge is -2.32. The molecule has 1 unspecified atom stereocenters. The van der Waals surface area contributed by atoms with Gasteiger partial charge in [0.1, 0.15) is 17.2 Å². The number of hydrogen-bond donors (Lipinski definition) is 0. The lowest BCUT2D eigenvalue weighted by atomic mass is 9.84. The number of hydrogen-bond acceptors (Lipinski definition) is 8. The van der Waals surface area contributed by atoms with Crippen LogP contribution in [-0.4, -0.2) is 22.0 Å². The first-order chi connectivity index (χ1) is 22.8. The standard InChI is InChI=1S/C34H19ClF2N4O4S2/c35-20-8-5-6-18(14-20)17-46-33-39-38-32(47-33)41-30(43)29-27(28(42)22-15-21(36)12-13-26(22)45-29)34(41)23-9-2-4-11-25(23)40(31(34)44)16-19-7-1-3-10-24(19)37/h1-15H,16-17H2. The summed E-state index contributed by atoms with van der Waals surface area (Å²) < 4.78 is 35.9. The second-order valence-corrected chi connectivity index (χ2v) is 13.5. The van der Waals surface area contributed by atoms with E-state index in [4.69, 9.17) is 16.0 Å². The van der Waals surface area contributed by atoms with Crippen LogP contribution < -0.4 is 15.2 Å². The molecule has 0 aliphatic carbocycles. The number of amides is 2. The minimum absolute atomic E-state index is 0.0162. The van der Waals surface area contributed by atoms with E-state index < -0.39 is 34.4 Å². The largest absolute Gasteiger partial charge is 0.450 e. The van der Waals surface area contributed by atoms with Crippen LogP contribution in [-0.2, 0) is 22.6 Å². The van der Waals surface area contributed by atoms with E-state index in [2.05, 4.69) is 10.2 Å². The zero-order chi connectivity index (χ0) is 32.4. The Bertz CT molecular complexity index is 2350. The van der Waals surface area contributed by atoms with Gasteiger partial charge in [-0.05, 0) is 48.0 Å². The highest BCUT2D eigenvalue weighted by molar-refractivity contribution is 8.00. The van der Waals surface area contributed by atoms with E-state index >= 15 is 0 Å². The van der Waals surface area contributed by atoms with Crippen molar-refractivity contribution in [1.29, 1.82) is 0 Å². The highest BCUT2D eigenvalue weighted by atomic mass is 35.5. The van der Waals surface area contributed by atoms with Crippen molar-refractivity contribution in [1.82, 2.24) is 10.2 Å². The van der Waals surface area contributed by atoms with Crippen LogP contribution in [0.4, 0.5) is 19.6 Å². The van der Waals surface area contributed by atoms with Gasteiger partial charge >= 0.3 is 0 Å². The maximum atomic E-state index is 15.0. The number of fused-ring (bicyclic) bond motifs is 5. The second-order valence-electron chi connectivity index (χ2n) is 10.9. The van der Waals surface area contributed by atoms with Crippen LogP contribution in [0.2, 0.25) is 5.02 Å². The van der Waals surface area contributed by atoms with Crippen LogP contribution in [0.15, 0.2) is 105 Å². The highest BCUT2D eigenvalue weighted by Crippen LogP contribution is 2.55. The number of carbonyl (C=O) groups is 2. The van der Waals surface area contributed by atoms with Crippen LogP contribution in [0, 0.1) is 11.6 Å². The number of carbonyl (C=O) groups excluding carboxylic acids is 2. The van der Waals surface area contributed by atoms with E-state index in [0.29, 0.717) is 26.4 Å². The van der Waals surface area contributed by atoms with E-state index in [0.717, 1.165) is 33.9 Å². The molecule has 0 saturated carbocycles. The molecular weight excluding hydrogens is 666 g/mol. The predicted octanol–water partition coefficient (Wildman–Crippen LogP) is 7.32. The SMILES string of the molecule is O=C1c2oc3ccc(F)cc3c(=O)c2C2(C(=O)N(Cc3ccccc3F)c3ccccc32)N1c1nnc(SCc2cccc(Cl)c2)s1. The van der Waals surface area contributed by atoms with Crippen molar-refractivity contribution in [2.24, 2.45) is 0 Å². The third-order valence-electron chi connectivity index (χ3n) is 8.21. The minimum atomic E-state index is -2.09. The van der Waals surface area contributed by atoms with Crippen molar-refractivity contribution in [3.63, 3.8) is 0 Å². The van der Waals surface area contributed by atoms with Gasteiger partial charge in [0.15, 0.2) is 15.3 Å². The number of benzene rings is 4. The lowest BCUT2D eigenvalue weighted by molar-refractivity contribution is -0.121. The summed E-state index contributed by atoms with van der Waals surface area (Å²) in [5.41, 5.74) is -1.29. The van der Waals surface area contributed by atoms with Gasteiger partial charge in [-0.25, -0.2) is 8.78 Å². The normalized spacial score (nSPS) is 16.8. The topological polar surface area (TPSA) is 96.6 Å². The molecule has 232 valence electrons. The predicted molar refractivity (Wildman–Crippen MR) is 175 cm³/mol. The van der Waals surface area contributed by atoms with Crippen molar-refractivity contribution in [3.05, 3.63) is 146 Å². The van der Waals surface area contributed by atoms with Crippen LogP contribution in [0.1, 0.15) is 32.8 Å². The average Bonchev–Trinajstić information content (AvgIpc) is 3.70. The Labute approximate surface area is 278 Å². The van der Waals surface area contributed by atoms with Gasteiger partial charge in [0.05, 0.1) is 23.2 Å². The van der Waals surface area contributed by atoms with Gasteiger partial charge < -0.3 is 9.32 Å². The third kappa shape index (κ3) is 4.50. The van der Waals surface area contributed by atoms with Crippen LogP contribution in [0.25, 0.3) is 11.0 Å². The van der Waals surface area contributed by atoms with Gasteiger partial charge in [-0.15, -0.1) is 10.2 Å². The third-order valence-corrected chi connectivity index (χ3v) is 10.6. The molecule has 6 aromatic rings. The Morgan fingerprint density at radius 1 is 0.915 bits per heavy atom. The fourth-order valence-corrected chi connectivity index (χ4v) is 8.26. The molecule has 13 heteroatoms. The molecule has 0 saturated heterocycles. The number of para-hydroxylation sites is 1. The summed E-state index contributed by atoms with van der Waals surface area (Å²) in [7, 11) is 0. The maximum Gasteiger partial charge on any atom is 0.297 e. The second kappa shape index (κ2) is 11.1. The van der Waals surface area contributed by atoms with E-state index in [9.17, 15) is 23.2 Å². The van der Waals surface area contributed by atoms with Gasteiger partial charge in [-0.2, -0.15) is 0 Å². The quantitative estimate of drug-likeness (QED) is 0.134. The first-order valence-corrected chi connectivity index (χ1v) is 16.4. The molecule has 47 heavy (non-hydrogen) atoms. The van der Waals surface area contributed by atoms with Crippen LogP contribution >= 0.6 is 34.7 Å². The number of anilines is 2. The number of thioether (sulfide) groups is 1. The van der Waals surface area contributed by atoms with Gasteiger partial charge in [-0.3, -0.25) is 19.3 Å². The van der Waals surface area contributed by atoms with Gasteiger partial charge in [0.2, 0.25) is 10.9 Å². The monoisotopic (exact) mass is 684 g/mol. The van der Waals surface area contributed by atoms with E-state index in [1.54, 1.807) is 48.5 Å². The molecule has 4 heterocycles. The van der Waals surface area contributed by atoms with E-state index in [1.165, 1.54) is 28.8 Å².